The van der Waals surface area contributed by atoms with Gasteiger partial charge >= 0.3 is 12.1 Å². The Balaban J connectivity index is 2.20. The average Bonchev–Trinajstić information content (AvgIpc) is 2.75. The molecule has 0 bridgehead atoms. The topological polar surface area (TPSA) is 73.9 Å². The molecule has 7 heteroatoms. The number of carbonyl (C=O) groups is 2. The molecule has 6 nitrogen and oxygen atoms in total. The van der Waals surface area contributed by atoms with E-state index in [1.165, 1.54) is 0 Å². The molecule has 0 radical (unpaired) electrons. The maximum atomic E-state index is 12.5. The third kappa shape index (κ3) is 9.74. The minimum Gasteiger partial charge on any atom is -0.466 e. The normalized spacial score (nSPS) is 13.1. The summed E-state index contributed by atoms with van der Waals surface area (Å²) in [6, 6.07) is 15.4. The predicted molar refractivity (Wildman–Crippen MR) is 135 cm³/mol. The van der Waals surface area contributed by atoms with Crippen LogP contribution in [0.1, 0.15) is 46.6 Å². The van der Waals surface area contributed by atoms with Gasteiger partial charge in [-0.2, -0.15) is 0 Å². The molecule has 186 valence electrons. The standard InChI is InChI=1S/C27H36ClNO5/c1-6-32-18-22(25(30)33-7-2)17-24(29-26(31)34-27(3,4)5)15-19-11-13-20(14-12-19)21-9-8-10-23(28)16-21/h8-14,16,22,24H,6-7,15,17-18H2,1-5H3,(H,29,31)/t22-,24+/m0/s1. The molecule has 2 rings (SSSR count). The molecule has 0 aliphatic carbocycles. The zero-order chi connectivity index (χ0) is 25.1. The maximum absolute atomic E-state index is 12.5. The lowest BCUT2D eigenvalue weighted by atomic mass is 9.94. The zero-order valence-electron chi connectivity index (χ0n) is 20.7. The van der Waals surface area contributed by atoms with E-state index in [0.29, 0.717) is 24.5 Å². The molecule has 2 aromatic rings. The smallest absolute Gasteiger partial charge is 0.407 e. The van der Waals surface area contributed by atoms with Crippen molar-refractivity contribution in [3.63, 3.8) is 0 Å². The Hall–Kier alpha value is -2.57. The number of benzene rings is 2. The molecular weight excluding hydrogens is 454 g/mol. The van der Waals surface area contributed by atoms with Crippen molar-refractivity contribution >= 4 is 23.7 Å². The molecule has 0 unspecified atom stereocenters. The Kier molecular flexibility index (Phi) is 10.9. The maximum Gasteiger partial charge on any atom is 0.407 e. The number of nitrogens with one attached hydrogen (secondary N) is 1. The summed E-state index contributed by atoms with van der Waals surface area (Å²) in [7, 11) is 0. The molecule has 34 heavy (non-hydrogen) atoms. The molecule has 1 amide bonds. The molecule has 0 aliphatic heterocycles. The van der Waals surface area contributed by atoms with Crippen LogP contribution in [0.15, 0.2) is 48.5 Å². The van der Waals surface area contributed by atoms with Crippen molar-refractivity contribution in [3.05, 3.63) is 59.1 Å². The van der Waals surface area contributed by atoms with Crippen molar-refractivity contribution in [1.82, 2.24) is 5.32 Å². The summed E-state index contributed by atoms with van der Waals surface area (Å²) in [5.74, 6) is -0.825. The van der Waals surface area contributed by atoms with Crippen LogP contribution in [-0.2, 0) is 25.4 Å². The van der Waals surface area contributed by atoms with E-state index in [9.17, 15) is 9.59 Å². The Morgan fingerprint density at radius 2 is 1.71 bits per heavy atom. The van der Waals surface area contributed by atoms with Crippen molar-refractivity contribution in [2.75, 3.05) is 19.8 Å². The fourth-order valence-corrected chi connectivity index (χ4v) is 3.74. The number of halogens is 1. The third-order valence-corrected chi connectivity index (χ3v) is 5.26. The van der Waals surface area contributed by atoms with E-state index in [0.717, 1.165) is 16.7 Å². The Labute approximate surface area is 207 Å². The molecular formula is C27H36ClNO5. The van der Waals surface area contributed by atoms with E-state index in [4.69, 9.17) is 25.8 Å². The molecule has 0 heterocycles. The number of esters is 1. The van der Waals surface area contributed by atoms with Crippen LogP contribution in [0.25, 0.3) is 11.1 Å². The van der Waals surface area contributed by atoms with Gasteiger partial charge in [-0.15, -0.1) is 0 Å². The highest BCUT2D eigenvalue weighted by Gasteiger charge is 2.27. The number of ether oxygens (including phenoxy) is 3. The molecule has 0 fully saturated rings. The molecule has 1 N–H and O–H groups in total. The van der Waals surface area contributed by atoms with E-state index in [2.05, 4.69) is 5.32 Å². The van der Waals surface area contributed by atoms with E-state index in [-0.39, 0.29) is 25.2 Å². The Morgan fingerprint density at radius 3 is 2.29 bits per heavy atom. The van der Waals surface area contributed by atoms with E-state index in [1.54, 1.807) is 6.92 Å². The molecule has 2 atom stereocenters. The summed E-state index contributed by atoms with van der Waals surface area (Å²) in [6.07, 6.45) is 0.373. The van der Waals surface area contributed by atoms with Gasteiger partial charge in [-0.3, -0.25) is 4.79 Å². The second-order valence-electron chi connectivity index (χ2n) is 9.10. The van der Waals surface area contributed by atoms with Gasteiger partial charge < -0.3 is 19.5 Å². The minimum absolute atomic E-state index is 0.232. The zero-order valence-corrected chi connectivity index (χ0v) is 21.5. The molecule has 2 aromatic carbocycles. The largest absolute Gasteiger partial charge is 0.466 e. The summed E-state index contributed by atoms with van der Waals surface area (Å²) in [5.41, 5.74) is 2.47. The van der Waals surface area contributed by atoms with Gasteiger partial charge in [0.15, 0.2) is 0 Å². The first kappa shape index (κ1) is 27.7. The van der Waals surface area contributed by atoms with Gasteiger partial charge in [0.25, 0.3) is 0 Å². The molecule has 0 spiro atoms. The van der Waals surface area contributed by atoms with Gasteiger partial charge in [-0.1, -0.05) is 48.0 Å². The fourth-order valence-electron chi connectivity index (χ4n) is 3.55. The van der Waals surface area contributed by atoms with Crippen LogP contribution >= 0.6 is 11.6 Å². The molecule has 0 aromatic heterocycles. The van der Waals surface area contributed by atoms with Crippen molar-refractivity contribution < 1.29 is 23.8 Å². The van der Waals surface area contributed by atoms with Crippen molar-refractivity contribution in [3.8, 4) is 11.1 Å². The van der Waals surface area contributed by atoms with Gasteiger partial charge in [-0.05, 0) is 76.3 Å². The number of alkyl carbamates (subject to hydrolysis) is 1. The van der Waals surface area contributed by atoms with Crippen molar-refractivity contribution in [2.45, 2.75) is 59.1 Å². The summed E-state index contributed by atoms with van der Waals surface area (Å²) in [5, 5.41) is 3.62. The lowest BCUT2D eigenvalue weighted by Crippen LogP contribution is -2.42. The van der Waals surface area contributed by atoms with Crippen LogP contribution in [-0.4, -0.2) is 43.5 Å². The van der Waals surface area contributed by atoms with Crippen molar-refractivity contribution in [2.24, 2.45) is 5.92 Å². The highest BCUT2D eigenvalue weighted by atomic mass is 35.5. The molecule has 0 aliphatic rings. The number of amides is 1. The first-order valence-corrected chi connectivity index (χ1v) is 12.1. The van der Waals surface area contributed by atoms with Gasteiger partial charge in [0.05, 0.1) is 19.1 Å². The number of rotatable bonds is 11. The Bertz CT molecular complexity index is 923. The van der Waals surface area contributed by atoms with Gasteiger partial charge in [0.1, 0.15) is 5.60 Å². The average molecular weight is 490 g/mol. The van der Waals surface area contributed by atoms with Crippen LogP contribution in [0.5, 0.6) is 0 Å². The number of hydrogen-bond acceptors (Lipinski definition) is 5. The van der Waals surface area contributed by atoms with Gasteiger partial charge in [0, 0.05) is 17.7 Å². The first-order chi connectivity index (χ1) is 16.1. The summed E-state index contributed by atoms with van der Waals surface area (Å²) in [6.45, 7) is 10.1. The van der Waals surface area contributed by atoms with E-state index < -0.39 is 17.6 Å². The monoisotopic (exact) mass is 489 g/mol. The third-order valence-electron chi connectivity index (χ3n) is 5.03. The van der Waals surface area contributed by atoms with Crippen LogP contribution < -0.4 is 5.32 Å². The highest BCUT2D eigenvalue weighted by Crippen LogP contribution is 2.24. The minimum atomic E-state index is -0.626. The van der Waals surface area contributed by atoms with Crippen LogP contribution in [0, 0.1) is 5.92 Å². The fraction of sp³-hybridized carbons (Fsp3) is 0.481. The summed E-state index contributed by atoms with van der Waals surface area (Å²) in [4.78, 5) is 25.1. The van der Waals surface area contributed by atoms with Crippen LogP contribution in [0.4, 0.5) is 4.79 Å². The van der Waals surface area contributed by atoms with Gasteiger partial charge in [-0.25, -0.2) is 4.79 Å². The van der Waals surface area contributed by atoms with E-state index in [1.807, 2.05) is 76.2 Å². The molecule has 0 saturated heterocycles. The summed E-state index contributed by atoms with van der Waals surface area (Å²) < 4.78 is 16.2. The van der Waals surface area contributed by atoms with Crippen LogP contribution in [0.2, 0.25) is 5.02 Å². The second-order valence-corrected chi connectivity index (χ2v) is 9.54. The SMILES string of the molecule is CCOC[C@H](C[C@@H](Cc1ccc(-c2cccc(Cl)c2)cc1)NC(=O)OC(C)(C)C)C(=O)OCC. The quantitative estimate of drug-likeness (QED) is 0.389. The number of carbonyl (C=O) groups excluding carboxylic acids is 2. The Morgan fingerprint density at radius 1 is 1.00 bits per heavy atom. The first-order valence-electron chi connectivity index (χ1n) is 11.7. The van der Waals surface area contributed by atoms with Crippen LogP contribution in [0.3, 0.4) is 0 Å². The highest BCUT2D eigenvalue weighted by molar-refractivity contribution is 6.30. The number of hydrogen-bond donors (Lipinski definition) is 1. The predicted octanol–water partition coefficient (Wildman–Crippen LogP) is 6.05. The molecule has 0 saturated carbocycles. The lowest BCUT2D eigenvalue weighted by molar-refractivity contribution is -0.150. The van der Waals surface area contributed by atoms with Gasteiger partial charge in [0.2, 0.25) is 0 Å². The summed E-state index contributed by atoms with van der Waals surface area (Å²) >= 11 is 6.12. The second kappa shape index (κ2) is 13.4. The van der Waals surface area contributed by atoms with Crippen molar-refractivity contribution in [1.29, 1.82) is 0 Å². The van der Waals surface area contributed by atoms with E-state index >= 15 is 0 Å². The lowest BCUT2D eigenvalue weighted by Gasteiger charge is -2.26.